The third-order valence-electron chi connectivity index (χ3n) is 7.82. The van der Waals surface area contributed by atoms with E-state index in [9.17, 15) is 4.79 Å². The van der Waals surface area contributed by atoms with E-state index in [2.05, 4.69) is 59.6 Å². The molecule has 4 rings (SSSR count). The molecule has 32 heavy (non-hydrogen) atoms. The number of nitrogens with one attached hydrogen (secondary N) is 1. The molecule has 0 radical (unpaired) electrons. The normalized spacial score (nSPS) is 23.6. The van der Waals surface area contributed by atoms with Gasteiger partial charge in [-0.25, -0.2) is 0 Å². The number of nitrogens with zero attached hydrogens (tertiary/aromatic N) is 1. The maximum absolute atomic E-state index is 11.2. The highest BCUT2D eigenvalue weighted by Crippen LogP contribution is 2.51. The van der Waals surface area contributed by atoms with E-state index in [-0.39, 0.29) is 16.9 Å². The number of ether oxygens (including phenoxy) is 1. The minimum atomic E-state index is -0.0287. The van der Waals surface area contributed by atoms with Crippen LogP contribution < -0.4 is 5.32 Å². The number of benzene rings is 2. The largest absolute Gasteiger partial charge is 0.375 e. The second kappa shape index (κ2) is 10.2. The number of carbonyl (C=O) groups excluding carboxylic acids is 1. The summed E-state index contributed by atoms with van der Waals surface area (Å²) < 4.78 is 6.54. The van der Waals surface area contributed by atoms with E-state index in [0.717, 1.165) is 38.3 Å². The first-order valence-electron chi connectivity index (χ1n) is 12.2. The van der Waals surface area contributed by atoms with Gasteiger partial charge < -0.3 is 10.1 Å². The summed E-state index contributed by atoms with van der Waals surface area (Å²) in [6.45, 7) is 8.04. The van der Waals surface area contributed by atoms with E-state index < -0.39 is 0 Å². The van der Waals surface area contributed by atoms with Crippen molar-refractivity contribution in [2.45, 2.75) is 70.9 Å². The maximum Gasteiger partial charge on any atom is 0.221 e. The zero-order chi connectivity index (χ0) is 22.4. The second-order valence-corrected chi connectivity index (χ2v) is 9.96. The summed E-state index contributed by atoms with van der Waals surface area (Å²) >= 11 is 0. The number of aryl methyl sites for hydroxylation is 1. The maximum atomic E-state index is 11.2. The van der Waals surface area contributed by atoms with Crippen molar-refractivity contribution in [1.82, 2.24) is 4.90 Å². The molecule has 2 aliphatic rings. The molecule has 1 N–H and O–H groups in total. The minimum absolute atomic E-state index is 0.00781. The Kier molecular flexibility index (Phi) is 7.32. The molecule has 1 atom stereocenters. The van der Waals surface area contributed by atoms with Gasteiger partial charge in [0.1, 0.15) is 0 Å². The second-order valence-electron chi connectivity index (χ2n) is 9.96. The Morgan fingerprint density at radius 1 is 0.969 bits per heavy atom. The van der Waals surface area contributed by atoms with Gasteiger partial charge in [-0.2, -0.15) is 0 Å². The van der Waals surface area contributed by atoms with Gasteiger partial charge in [-0.05, 0) is 88.2 Å². The summed E-state index contributed by atoms with van der Waals surface area (Å²) in [5.41, 5.74) is 3.84. The van der Waals surface area contributed by atoms with Crippen molar-refractivity contribution in [3.05, 3.63) is 65.7 Å². The fourth-order valence-corrected chi connectivity index (χ4v) is 5.72. The molecule has 0 spiro atoms. The SMILES string of the molecule is CC(=O)Nc1ccc(CN2CCC(CCc3ccccc3)(C3(C)CCCCO3)CC2)cc1. The standard InChI is InChI=1S/C28H38N2O2/c1-23(31)29-26-12-10-25(11-13-26)22-30-19-17-28(18-20-30,27(2)15-6-7-21-32-27)16-14-24-8-4-3-5-9-24/h3-5,8-13H,6-7,14-22H2,1-2H3,(H,29,31). The summed E-state index contributed by atoms with van der Waals surface area (Å²) in [6.07, 6.45) is 8.39. The van der Waals surface area contributed by atoms with Gasteiger partial charge in [0.15, 0.2) is 0 Å². The third kappa shape index (κ3) is 5.41. The van der Waals surface area contributed by atoms with Crippen LogP contribution in [0.1, 0.15) is 63.5 Å². The van der Waals surface area contributed by atoms with Crippen LogP contribution in [0.3, 0.4) is 0 Å². The van der Waals surface area contributed by atoms with Gasteiger partial charge in [-0.3, -0.25) is 9.69 Å². The van der Waals surface area contributed by atoms with Crippen LogP contribution in [0.5, 0.6) is 0 Å². The van der Waals surface area contributed by atoms with Crippen molar-refractivity contribution < 1.29 is 9.53 Å². The van der Waals surface area contributed by atoms with Gasteiger partial charge in [-0.1, -0.05) is 42.5 Å². The molecule has 2 aliphatic heterocycles. The minimum Gasteiger partial charge on any atom is -0.375 e. The Labute approximate surface area is 193 Å². The molecule has 0 saturated carbocycles. The first-order valence-corrected chi connectivity index (χ1v) is 12.2. The Morgan fingerprint density at radius 3 is 2.31 bits per heavy atom. The molecule has 2 heterocycles. The fraction of sp³-hybridized carbons (Fsp3) is 0.536. The zero-order valence-corrected chi connectivity index (χ0v) is 19.7. The third-order valence-corrected chi connectivity index (χ3v) is 7.82. The van der Waals surface area contributed by atoms with Crippen LogP contribution in [-0.4, -0.2) is 36.1 Å². The van der Waals surface area contributed by atoms with Gasteiger partial charge in [0.25, 0.3) is 0 Å². The summed E-state index contributed by atoms with van der Waals surface area (Å²) in [5, 5.41) is 2.85. The van der Waals surface area contributed by atoms with Gasteiger partial charge >= 0.3 is 0 Å². The molecule has 1 unspecified atom stereocenters. The lowest BCUT2D eigenvalue weighted by Gasteiger charge is -2.54. The van der Waals surface area contributed by atoms with Gasteiger partial charge in [0.05, 0.1) is 5.60 Å². The van der Waals surface area contributed by atoms with E-state index in [4.69, 9.17) is 4.74 Å². The van der Waals surface area contributed by atoms with Crippen LogP contribution in [0.15, 0.2) is 54.6 Å². The number of hydrogen-bond acceptors (Lipinski definition) is 3. The number of carbonyl (C=O) groups is 1. The van der Waals surface area contributed by atoms with Crippen molar-refractivity contribution in [3.8, 4) is 0 Å². The van der Waals surface area contributed by atoms with Gasteiger partial charge in [0.2, 0.25) is 5.91 Å². The van der Waals surface area contributed by atoms with Crippen LogP contribution in [0.4, 0.5) is 5.69 Å². The first-order chi connectivity index (χ1) is 15.5. The molecular formula is C28H38N2O2. The summed E-state index contributed by atoms with van der Waals surface area (Å²) in [7, 11) is 0. The molecule has 2 saturated heterocycles. The van der Waals surface area contributed by atoms with Crippen LogP contribution in [0.25, 0.3) is 0 Å². The molecule has 4 heteroatoms. The average Bonchev–Trinajstić information content (AvgIpc) is 2.81. The van der Waals surface area contributed by atoms with Crippen molar-refractivity contribution in [2.75, 3.05) is 25.0 Å². The van der Waals surface area contributed by atoms with E-state index >= 15 is 0 Å². The highest BCUT2D eigenvalue weighted by atomic mass is 16.5. The number of rotatable bonds is 7. The Morgan fingerprint density at radius 2 is 1.69 bits per heavy atom. The highest BCUT2D eigenvalue weighted by Gasteiger charge is 2.50. The Balaban J connectivity index is 1.41. The molecule has 1 amide bonds. The van der Waals surface area contributed by atoms with Crippen LogP contribution >= 0.6 is 0 Å². The van der Waals surface area contributed by atoms with E-state index in [1.807, 2.05) is 12.1 Å². The number of piperidine rings is 1. The Bertz CT molecular complexity index is 864. The molecule has 172 valence electrons. The van der Waals surface area contributed by atoms with Crippen LogP contribution in [0, 0.1) is 5.41 Å². The van der Waals surface area contributed by atoms with E-state index in [1.54, 1.807) is 6.92 Å². The van der Waals surface area contributed by atoms with Crippen LogP contribution in [-0.2, 0) is 22.5 Å². The summed E-state index contributed by atoms with van der Waals surface area (Å²) in [4.78, 5) is 13.8. The quantitative estimate of drug-likeness (QED) is 0.597. The molecule has 2 aromatic carbocycles. The monoisotopic (exact) mass is 434 g/mol. The summed E-state index contributed by atoms with van der Waals surface area (Å²) in [6, 6.07) is 19.2. The fourth-order valence-electron chi connectivity index (χ4n) is 5.72. The zero-order valence-electron chi connectivity index (χ0n) is 19.7. The lowest BCUT2D eigenvalue weighted by Crippen LogP contribution is -2.55. The average molecular weight is 435 g/mol. The Hall–Kier alpha value is -2.17. The topological polar surface area (TPSA) is 41.6 Å². The number of likely N-dealkylation sites (tertiary alicyclic amines) is 1. The molecule has 0 bridgehead atoms. The first kappa shape index (κ1) is 23.0. The van der Waals surface area contributed by atoms with Gasteiger partial charge in [0, 0.05) is 31.2 Å². The lowest BCUT2D eigenvalue weighted by molar-refractivity contribution is -0.170. The van der Waals surface area contributed by atoms with Gasteiger partial charge in [-0.15, -0.1) is 0 Å². The number of hydrogen-bond donors (Lipinski definition) is 1. The number of amides is 1. The van der Waals surface area contributed by atoms with Crippen molar-refractivity contribution in [1.29, 1.82) is 0 Å². The van der Waals surface area contributed by atoms with E-state index in [1.165, 1.54) is 49.7 Å². The molecular weight excluding hydrogens is 396 g/mol. The van der Waals surface area contributed by atoms with Crippen molar-refractivity contribution in [2.24, 2.45) is 5.41 Å². The van der Waals surface area contributed by atoms with Crippen molar-refractivity contribution >= 4 is 11.6 Å². The summed E-state index contributed by atoms with van der Waals surface area (Å²) in [5.74, 6) is -0.0287. The van der Waals surface area contributed by atoms with Crippen molar-refractivity contribution in [3.63, 3.8) is 0 Å². The molecule has 2 fully saturated rings. The molecule has 2 aromatic rings. The highest BCUT2D eigenvalue weighted by molar-refractivity contribution is 5.88. The molecule has 0 aliphatic carbocycles. The van der Waals surface area contributed by atoms with Crippen LogP contribution in [0.2, 0.25) is 0 Å². The predicted molar refractivity (Wildman–Crippen MR) is 131 cm³/mol. The molecule has 4 nitrogen and oxygen atoms in total. The van der Waals surface area contributed by atoms with E-state index in [0.29, 0.717) is 0 Å². The number of anilines is 1. The lowest BCUT2D eigenvalue weighted by atomic mass is 9.61. The smallest absolute Gasteiger partial charge is 0.221 e. The molecule has 0 aromatic heterocycles. The predicted octanol–water partition coefficient (Wildman–Crippen LogP) is 5.82.